The zero-order valence-electron chi connectivity index (χ0n) is 30.0. The van der Waals surface area contributed by atoms with Crippen LogP contribution < -0.4 is 5.73 Å². The van der Waals surface area contributed by atoms with E-state index >= 15 is 0 Å². The lowest BCUT2D eigenvalue weighted by Crippen LogP contribution is -2.52. The van der Waals surface area contributed by atoms with Crippen molar-refractivity contribution < 1.29 is 0 Å². The molecule has 0 radical (unpaired) electrons. The Morgan fingerprint density at radius 1 is 0.479 bits per heavy atom. The van der Waals surface area contributed by atoms with Crippen molar-refractivity contribution in [1.82, 2.24) is 24.5 Å². The van der Waals surface area contributed by atoms with Crippen LogP contribution in [0.3, 0.4) is 0 Å². The van der Waals surface area contributed by atoms with E-state index in [9.17, 15) is 0 Å². The molecule has 4 aliphatic carbocycles. The largest absolute Gasteiger partial charge is 0.328 e. The first-order valence-electron chi connectivity index (χ1n) is 20.1. The molecule has 6 fully saturated rings. The molecule has 2 aliphatic heterocycles. The van der Waals surface area contributed by atoms with Crippen molar-refractivity contribution in [3.63, 3.8) is 0 Å². The molecule has 4 saturated carbocycles. The molecule has 48 heavy (non-hydrogen) atoms. The molecule has 0 spiro atoms. The second-order valence-electron chi connectivity index (χ2n) is 16.5. The van der Waals surface area contributed by atoms with Crippen LogP contribution in [0.1, 0.15) is 88.2 Å². The van der Waals surface area contributed by atoms with Gasteiger partial charge in [0, 0.05) is 103 Å². The Morgan fingerprint density at radius 2 is 0.875 bits per heavy atom. The van der Waals surface area contributed by atoms with Gasteiger partial charge in [-0.3, -0.25) is 14.7 Å². The summed E-state index contributed by atoms with van der Waals surface area (Å²) in [5.41, 5.74) is 8.86. The van der Waals surface area contributed by atoms with E-state index in [0.717, 1.165) is 37.0 Å². The third-order valence-electron chi connectivity index (χ3n) is 12.7. The first kappa shape index (κ1) is 34.6. The first-order chi connectivity index (χ1) is 23.6. The predicted octanol–water partition coefficient (Wildman–Crippen LogP) is 6.31. The van der Waals surface area contributed by atoms with Crippen molar-refractivity contribution in [1.29, 1.82) is 0 Å². The highest BCUT2D eigenvalue weighted by Gasteiger charge is 2.33. The molecule has 264 valence electrons. The summed E-state index contributed by atoms with van der Waals surface area (Å²) in [5.74, 6) is 2.08. The lowest BCUT2D eigenvalue weighted by atomic mass is 9.88. The summed E-state index contributed by atoms with van der Waals surface area (Å²) in [6.45, 7) is 15.2. The summed E-state index contributed by atoms with van der Waals surface area (Å²) in [6.07, 6.45) is 16.5. The molecule has 0 amide bonds. The normalized spacial score (nSPS) is 29.8. The summed E-state index contributed by atoms with van der Waals surface area (Å²) in [7, 11) is 0. The highest BCUT2D eigenvalue weighted by Crippen LogP contribution is 2.33. The van der Waals surface area contributed by atoms with Crippen LogP contribution in [-0.4, -0.2) is 114 Å². The highest BCUT2D eigenvalue weighted by atomic mass is 15.3. The molecule has 8 rings (SSSR count). The van der Waals surface area contributed by atoms with Crippen LogP contribution in [0.5, 0.6) is 0 Å². The Labute approximate surface area is 293 Å². The molecule has 0 unspecified atom stereocenters. The third-order valence-corrected chi connectivity index (χ3v) is 12.7. The number of hydrogen-bond acceptors (Lipinski definition) is 6. The maximum atomic E-state index is 5.98. The minimum absolute atomic E-state index is 0.488. The van der Waals surface area contributed by atoms with Gasteiger partial charge in [-0.05, 0) is 100 Å². The van der Waals surface area contributed by atoms with E-state index in [-0.39, 0.29) is 0 Å². The molecule has 2 N–H and O–H groups in total. The molecule has 2 aromatic carbocycles. The molecule has 6 aliphatic rings. The van der Waals surface area contributed by atoms with Crippen LogP contribution in [0.4, 0.5) is 0 Å². The number of hydrogen-bond donors (Lipinski definition) is 1. The second-order valence-corrected chi connectivity index (χ2v) is 16.5. The maximum absolute atomic E-state index is 5.98. The number of benzene rings is 2. The van der Waals surface area contributed by atoms with E-state index in [4.69, 9.17) is 5.73 Å². The first-order valence-corrected chi connectivity index (χ1v) is 20.1. The third kappa shape index (κ3) is 10.6. The fourth-order valence-corrected chi connectivity index (χ4v) is 9.16. The molecule has 2 aromatic rings. The van der Waals surface area contributed by atoms with Gasteiger partial charge in [-0.15, -0.1) is 0 Å². The number of rotatable bonds is 11. The minimum Gasteiger partial charge on any atom is -0.328 e. The van der Waals surface area contributed by atoms with Gasteiger partial charge in [0.1, 0.15) is 0 Å². The molecular formula is C42H66N6. The summed E-state index contributed by atoms with van der Waals surface area (Å²) in [5, 5.41) is 0. The van der Waals surface area contributed by atoms with Crippen molar-refractivity contribution in [3.8, 4) is 0 Å². The van der Waals surface area contributed by atoms with Gasteiger partial charge in [-0.1, -0.05) is 60.7 Å². The molecule has 6 heteroatoms. The summed E-state index contributed by atoms with van der Waals surface area (Å²) in [6, 6.07) is 24.9. The molecule has 2 heterocycles. The second kappa shape index (κ2) is 17.4. The summed E-state index contributed by atoms with van der Waals surface area (Å²) >= 11 is 0. The molecular weight excluding hydrogens is 589 g/mol. The van der Waals surface area contributed by atoms with Gasteiger partial charge in [0.25, 0.3) is 0 Å². The van der Waals surface area contributed by atoms with Crippen molar-refractivity contribution in [2.75, 3.05) is 65.4 Å². The average molecular weight is 655 g/mol. The van der Waals surface area contributed by atoms with Crippen LogP contribution in [0.2, 0.25) is 0 Å². The summed E-state index contributed by atoms with van der Waals surface area (Å²) in [4.78, 5) is 13.7. The van der Waals surface area contributed by atoms with Crippen LogP contribution in [0.15, 0.2) is 60.7 Å². The van der Waals surface area contributed by atoms with E-state index in [1.165, 1.54) is 154 Å². The van der Waals surface area contributed by atoms with E-state index in [1.54, 1.807) is 0 Å². The Kier molecular flexibility index (Phi) is 12.6. The number of nitrogens with zero attached hydrogens (tertiary/aromatic N) is 5. The van der Waals surface area contributed by atoms with Crippen molar-refractivity contribution in [3.05, 3.63) is 71.8 Å². The zero-order valence-corrected chi connectivity index (χ0v) is 30.0. The number of piperazine rings is 2. The van der Waals surface area contributed by atoms with Gasteiger partial charge >= 0.3 is 0 Å². The molecule has 2 saturated heterocycles. The van der Waals surface area contributed by atoms with Crippen LogP contribution in [0, 0.1) is 11.8 Å². The van der Waals surface area contributed by atoms with Crippen LogP contribution in [0.25, 0.3) is 0 Å². The molecule has 0 aromatic heterocycles. The molecule has 0 atom stereocenters. The van der Waals surface area contributed by atoms with Crippen LogP contribution >= 0.6 is 0 Å². The Hall–Kier alpha value is -1.80. The highest BCUT2D eigenvalue weighted by molar-refractivity contribution is 5.17. The molecule has 0 bridgehead atoms. The Morgan fingerprint density at radius 3 is 1.27 bits per heavy atom. The van der Waals surface area contributed by atoms with Gasteiger partial charge in [-0.25, -0.2) is 0 Å². The Balaban J connectivity index is 0.000000180. The zero-order chi connectivity index (χ0) is 32.5. The summed E-state index contributed by atoms with van der Waals surface area (Å²) < 4.78 is 0. The molecule has 6 nitrogen and oxygen atoms in total. The smallest absolute Gasteiger partial charge is 0.0240 e. The van der Waals surface area contributed by atoms with Crippen molar-refractivity contribution >= 4 is 0 Å². The van der Waals surface area contributed by atoms with Crippen molar-refractivity contribution in [2.24, 2.45) is 17.6 Å². The SMILES string of the molecule is NC1CCC(N2CCN(CC3CC3)CC2)CC1.c1ccc(CN(Cc2ccccc2)C2CCC(N3CCN(CC4CC4)CC3)CC2)cc1. The standard InChI is InChI=1S/C28H39N3.C14H27N3/c1-3-7-24(8-4-1)22-31(23-25-9-5-2-6-10-25)28-15-13-27(14-16-28)30-19-17-29(18-20-30)21-26-11-12-26;15-13-3-5-14(6-4-13)17-9-7-16(8-10-17)11-12-1-2-12/h1-10,26-28H,11-23H2;12-14H,1-11,15H2. The van der Waals surface area contributed by atoms with Gasteiger partial charge in [0.15, 0.2) is 0 Å². The fraction of sp³-hybridized carbons (Fsp3) is 0.714. The minimum atomic E-state index is 0.488. The van der Waals surface area contributed by atoms with Gasteiger partial charge in [-0.2, -0.15) is 0 Å². The monoisotopic (exact) mass is 655 g/mol. The quantitative estimate of drug-likeness (QED) is 0.307. The van der Waals surface area contributed by atoms with Crippen molar-refractivity contribution in [2.45, 2.75) is 114 Å². The fourth-order valence-electron chi connectivity index (χ4n) is 9.16. The number of nitrogens with two attached hydrogens (primary N) is 1. The lowest BCUT2D eigenvalue weighted by Gasteiger charge is -2.44. The van der Waals surface area contributed by atoms with Crippen LogP contribution in [-0.2, 0) is 13.1 Å². The predicted molar refractivity (Wildman–Crippen MR) is 200 cm³/mol. The lowest BCUT2D eigenvalue weighted by molar-refractivity contribution is 0.0509. The van der Waals surface area contributed by atoms with Gasteiger partial charge in [0.05, 0.1) is 0 Å². The van der Waals surface area contributed by atoms with E-state index < -0.39 is 0 Å². The van der Waals surface area contributed by atoms with E-state index in [2.05, 4.69) is 85.2 Å². The average Bonchev–Trinajstić information content (AvgIpc) is 4.09. The van der Waals surface area contributed by atoms with Gasteiger partial charge < -0.3 is 15.5 Å². The van der Waals surface area contributed by atoms with Gasteiger partial charge in [0.2, 0.25) is 0 Å². The van der Waals surface area contributed by atoms with E-state index in [0.29, 0.717) is 12.1 Å². The topological polar surface area (TPSA) is 42.2 Å². The maximum Gasteiger partial charge on any atom is 0.0240 e. The Bertz CT molecular complexity index is 1130. The van der Waals surface area contributed by atoms with E-state index in [1.807, 2.05) is 0 Å².